The average molecular weight is 727 g/mol. The van der Waals surface area contributed by atoms with E-state index in [1.165, 1.54) is 11.0 Å². The Morgan fingerprint density at radius 3 is 2.43 bits per heavy atom. The van der Waals surface area contributed by atoms with E-state index in [1.807, 2.05) is 6.08 Å². The molecule has 2 aliphatic heterocycles. The van der Waals surface area contributed by atoms with Crippen molar-refractivity contribution in [2.45, 2.75) is 99.9 Å². The Balaban J connectivity index is 1.27. The fourth-order valence-corrected chi connectivity index (χ4v) is 7.76. The van der Waals surface area contributed by atoms with Gasteiger partial charge in [-0.3, -0.25) is 19.1 Å². The molecule has 6 atom stereocenters. The third-order valence-corrected chi connectivity index (χ3v) is 11.1. The van der Waals surface area contributed by atoms with E-state index in [1.54, 1.807) is 58.2 Å². The molecule has 274 valence electrons. The highest BCUT2D eigenvalue weighted by Crippen LogP contribution is 2.46. The summed E-state index contributed by atoms with van der Waals surface area (Å²) >= 11 is 0. The molecule has 1 aromatic carbocycles. The summed E-state index contributed by atoms with van der Waals surface area (Å²) in [5.41, 5.74) is -1.76. The van der Waals surface area contributed by atoms with Gasteiger partial charge in [-0.15, -0.1) is 11.7 Å². The second kappa shape index (κ2) is 13.6. The van der Waals surface area contributed by atoms with Crippen LogP contribution in [0.25, 0.3) is 11.4 Å². The molecule has 4 amide bonds. The van der Waals surface area contributed by atoms with Gasteiger partial charge in [0.05, 0.1) is 18.4 Å². The lowest BCUT2D eigenvalue weighted by atomic mass is 10.0. The van der Waals surface area contributed by atoms with Crippen molar-refractivity contribution in [2.75, 3.05) is 7.11 Å². The van der Waals surface area contributed by atoms with Crippen LogP contribution in [0, 0.1) is 5.92 Å². The number of alkyl carbamates (subject to hydrolysis) is 1. The largest absolute Gasteiger partial charge is 0.497 e. The van der Waals surface area contributed by atoms with Crippen molar-refractivity contribution in [3.05, 3.63) is 49.1 Å². The minimum absolute atomic E-state index is 0.0501. The van der Waals surface area contributed by atoms with Crippen molar-refractivity contribution < 1.29 is 41.9 Å². The number of rotatable bonds is 11. The molecule has 0 radical (unpaired) electrons. The summed E-state index contributed by atoms with van der Waals surface area (Å²) in [6.45, 7) is 8.83. The number of carbonyl (C=O) groups excluding carboxylic acids is 4. The van der Waals surface area contributed by atoms with E-state index in [0.29, 0.717) is 24.2 Å². The number of methoxy groups -OCH3 is 1. The summed E-state index contributed by atoms with van der Waals surface area (Å²) in [4.78, 5) is 63.1. The summed E-state index contributed by atoms with van der Waals surface area (Å²) in [6, 6.07) is 3.97. The van der Waals surface area contributed by atoms with Crippen LogP contribution in [-0.2, 0) is 29.1 Å². The molecule has 6 rings (SSSR count). The van der Waals surface area contributed by atoms with E-state index in [-0.39, 0.29) is 31.5 Å². The van der Waals surface area contributed by atoms with Gasteiger partial charge in [0.2, 0.25) is 27.7 Å². The fraction of sp³-hybridized carbons (Fsp3) is 0.545. The third kappa shape index (κ3) is 7.69. The lowest BCUT2D eigenvalue weighted by molar-refractivity contribution is -0.143. The van der Waals surface area contributed by atoms with Gasteiger partial charge in [0.15, 0.2) is 6.10 Å². The van der Waals surface area contributed by atoms with Crippen molar-refractivity contribution in [3.63, 3.8) is 0 Å². The smallest absolute Gasteiger partial charge is 0.408 e. The average Bonchev–Trinajstić information content (AvgIpc) is 3.97. The van der Waals surface area contributed by atoms with E-state index < -0.39 is 80.4 Å². The summed E-state index contributed by atoms with van der Waals surface area (Å²) < 4.78 is 38.0. The van der Waals surface area contributed by atoms with Crippen LogP contribution in [0.2, 0.25) is 0 Å². The Hall–Kier alpha value is -5.00. The summed E-state index contributed by atoms with van der Waals surface area (Å²) in [7, 11) is -2.35. The molecular formula is C33H42N8O9S. The molecule has 1 saturated heterocycles. The topological polar surface area (TPSA) is 213 Å². The van der Waals surface area contributed by atoms with Crippen molar-refractivity contribution in [3.8, 4) is 17.1 Å². The molecule has 18 heteroatoms. The molecule has 1 aromatic heterocycles. The first-order valence-corrected chi connectivity index (χ1v) is 18.3. The van der Waals surface area contributed by atoms with E-state index in [0.717, 1.165) is 4.96 Å². The highest BCUT2D eigenvalue weighted by molar-refractivity contribution is 7.91. The molecule has 51 heavy (non-hydrogen) atoms. The van der Waals surface area contributed by atoms with Gasteiger partial charge in [-0.25, -0.2) is 13.2 Å². The number of hydrogen-bond donors (Lipinski definition) is 3. The monoisotopic (exact) mass is 726 g/mol. The van der Waals surface area contributed by atoms with E-state index in [2.05, 4.69) is 37.3 Å². The van der Waals surface area contributed by atoms with E-state index in [4.69, 9.17) is 14.3 Å². The second-order valence-electron chi connectivity index (χ2n) is 14.1. The minimum Gasteiger partial charge on any atom is -0.497 e. The summed E-state index contributed by atoms with van der Waals surface area (Å²) in [5.74, 6) is -1.77. The highest BCUT2D eigenvalue weighted by atomic mass is 32.2. The van der Waals surface area contributed by atoms with Crippen LogP contribution in [0.5, 0.6) is 5.75 Å². The van der Waals surface area contributed by atoms with Gasteiger partial charge < -0.3 is 29.8 Å². The van der Waals surface area contributed by atoms with Crippen LogP contribution >= 0.6 is 0 Å². The lowest BCUT2D eigenvalue weighted by Gasteiger charge is -2.35. The normalized spacial score (nSPS) is 28.0. The SMILES string of the molecule is C=C[C@@H]1CC1(NC(=O)[C@@H]1C[C@@H](On2nnc(-c3ccc(OC)cc3)n2)C2C/C=C\CC(NC(=O)OC(C)(C)C)C(=O)N21)C(=O)NS(=O)(=O)C1CC1. The van der Waals surface area contributed by atoms with Gasteiger partial charge in [-0.2, -0.15) is 0 Å². The maximum Gasteiger partial charge on any atom is 0.408 e. The predicted octanol–water partition coefficient (Wildman–Crippen LogP) is 1.03. The first kappa shape index (κ1) is 35.8. The van der Waals surface area contributed by atoms with Crippen molar-refractivity contribution in [1.82, 2.24) is 40.6 Å². The third-order valence-electron chi connectivity index (χ3n) is 9.26. The standard InChI is InChI=1S/C33H42N8O9S/c1-6-20-18-33(20,30(44)38-51(46,47)22-15-16-22)35-28(42)25-17-26(50-41-37-27(36-39-41)19-11-13-21(48-5)14-12-19)24-10-8-7-9-23(29(43)40(24)25)34-31(45)49-32(2,3)4/h6-8,11-14,20,22-26H,1,9-10,15-18H2,2-5H3,(H,34,45)(H,35,42)(H,38,44)/b8-7-/t20-,23?,24?,25+,26-,33?/m1/s1. The summed E-state index contributed by atoms with van der Waals surface area (Å²) in [5, 5.41) is 17.2. The van der Waals surface area contributed by atoms with Crippen molar-refractivity contribution in [1.29, 1.82) is 0 Å². The number of nitrogens with one attached hydrogen (secondary N) is 3. The maximum atomic E-state index is 14.3. The molecule has 0 bridgehead atoms. The molecule has 3 heterocycles. The van der Waals surface area contributed by atoms with Gasteiger partial charge in [-0.1, -0.05) is 23.3 Å². The molecule has 3 fully saturated rings. The fourth-order valence-electron chi connectivity index (χ4n) is 6.39. The van der Waals surface area contributed by atoms with Crippen LogP contribution in [0.1, 0.15) is 59.3 Å². The zero-order chi connectivity index (χ0) is 36.7. The molecule has 2 aliphatic carbocycles. The second-order valence-corrected chi connectivity index (χ2v) is 16.1. The number of hydrogen-bond acceptors (Lipinski definition) is 12. The van der Waals surface area contributed by atoms with Crippen molar-refractivity contribution >= 4 is 33.8 Å². The van der Waals surface area contributed by atoms with Gasteiger partial charge in [0.1, 0.15) is 29.0 Å². The zero-order valence-corrected chi connectivity index (χ0v) is 29.6. The number of aromatic nitrogens is 4. The summed E-state index contributed by atoms with van der Waals surface area (Å²) in [6.07, 6.45) is 4.79. The molecule has 0 spiro atoms. The Morgan fingerprint density at radius 1 is 1.10 bits per heavy atom. The number of nitrogens with zero attached hydrogens (tertiary/aromatic N) is 5. The quantitative estimate of drug-likeness (QED) is 0.277. The molecule has 2 aromatic rings. The number of amides is 4. The molecule has 4 aliphatic rings. The molecule has 3 unspecified atom stereocenters. The molecular weight excluding hydrogens is 684 g/mol. The van der Waals surface area contributed by atoms with Gasteiger partial charge in [0.25, 0.3) is 5.91 Å². The van der Waals surface area contributed by atoms with E-state index in [9.17, 15) is 27.6 Å². The number of tetrazole rings is 1. The minimum atomic E-state index is -3.91. The van der Waals surface area contributed by atoms with Crippen molar-refractivity contribution in [2.24, 2.45) is 5.92 Å². The van der Waals surface area contributed by atoms with E-state index >= 15 is 0 Å². The van der Waals surface area contributed by atoms with Gasteiger partial charge >= 0.3 is 6.09 Å². The Labute approximate surface area is 295 Å². The molecule has 3 N–H and O–H groups in total. The number of benzene rings is 1. The van der Waals surface area contributed by atoms with Crippen LogP contribution < -0.4 is 24.9 Å². The van der Waals surface area contributed by atoms with Crippen LogP contribution in [0.3, 0.4) is 0 Å². The Kier molecular flexibility index (Phi) is 9.56. The molecule has 17 nitrogen and oxygen atoms in total. The first-order chi connectivity index (χ1) is 24.1. The van der Waals surface area contributed by atoms with Crippen LogP contribution in [0.15, 0.2) is 49.1 Å². The number of fused-ring (bicyclic) bond motifs is 1. The number of carbonyl (C=O) groups is 4. The maximum absolute atomic E-state index is 14.3. The predicted molar refractivity (Wildman–Crippen MR) is 180 cm³/mol. The number of ether oxygens (including phenoxy) is 2. The Bertz CT molecular complexity index is 1840. The molecule has 2 saturated carbocycles. The highest BCUT2D eigenvalue weighted by Gasteiger charge is 2.62. The van der Waals surface area contributed by atoms with Gasteiger partial charge in [0, 0.05) is 22.9 Å². The van der Waals surface area contributed by atoms with Crippen LogP contribution in [-0.4, -0.2) is 105 Å². The van der Waals surface area contributed by atoms with Gasteiger partial charge in [-0.05, 0) is 82.4 Å². The number of sulfonamides is 1. The van der Waals surface area contributed by atoms with Crippen LogP contribution in [0.4, 0.5) is 4.79 Å². The lowest BCUT2D eigenvalue weighted by Crippen LogP contribution is -2.60. The first-order valence-electron chi connectivity index (χ1n) is 16.7. The Morgan fingerprint density at radius 2 is 1.80 bits per heavy atom. The zero-order valence-electron chi connectivity index (χ0n) is 28.8.